The fraction of sp³-hybridized carbons (Fsp3) is 0.355. The number of hydrogen-bond acceptors (Lipinski definition) is 8. The number of aromatic nitrogens is 3. The maximum atomic E-state index is 14.8. The highest BCUT2D eigenvalue weighted by molar-refractivity contribution is 6.32. The maximum absolute atomic E-state index is 14.8. The van der Waals surface area contributed by atoms with Crippen molar-refractivity contribution in [2.24, 2.45) is 5.73 Å². The number of pyridine rings is 1. The monoisotopic (exact) mass is 659 g/mol. The molecule has 2 aliphatic rings. The first-order valence-corrected chi connectivity index (χ1v) is 14.5. The van der Waals surface area contributed by atoms with Crippen molar-refractivity contribution in [1.82, 2.24) is 20.1 Å². The van der Waals surface area contributed by atoms with E-state index in [1.165, 1.54) is 51.5 Å². The highest BCUT2D eigenvalue weighted by Crippen LogP contribution is 2.48. The lowest BCUT2D eigenvalue weighted by Crippen LogP contribution is -2.51. The first-order chi connectivity index (χ1) is 21.7. The Morgan fingerprint density at radius 2 is 1.89 bits per heavy atom. The zero-order chi connectivity index (χ0) is 33.2. The molecule has 11 nitrogen and oxygen atoms in total. The number of aliphatic hydroxyl groups is 1. The average Bonchev–Trinajstić information content (AvgIpc) is 3.69. The molecule has 1 aliphatic carbocycles. The zero-order valence-electron chi connectivity index (χ0n) is 24.9. The molecule has 0 saturated heterocycles. The molecule has 0 spiro atoms. The molecule has 2 amide bonds. The third-order valence-corrected chi connectivity index (χ3v) is 8.73. The second-order valence-corrected chi connectivity index (χ2v) is 12.0. The van der Waals surface area contributed by atoms with Crippen LogP contribution in [0.2, 0.25) is 5.02 Å². The van der Waals surface area contributed by atoms with E-state index in [1.807, 2.05) is 0 Å². The maximum Gasteiger partial charge on any atom is 0.424 e. The van der Waals surface area contributed by atoms with Gasteiger partial charge in [0.15, 0.2) is 0 Å². The van der Waals surface area contributed by atoms with Crippen LogP contribution in [0.4, 0.5) is 13.2 Å². The molecule has 3 heterocycles. The van der Waals surface area contributed by atoms with Crippen LogP contribution >= 0.6 is 11.6 Å². The number of primary amides is 1. The number of nitrogens with one attached hydrogen (secondary N) is 1. The van der Waals surface area contributed by atoms with Crippen LogP contribution in [0.25, 0.3) is 22.2 Å². The summed E-state index contributed by atoms with van der Waals surface area (Å²) >= 11 is 6.30. The molecule has 0 radical (unpaired) electrons. The van der Waals surface area contributed by atoms with Crippen molar-refractivity contribution in [3.63, 3.8) is 0 Å². The number of nitrogens with two attached hydrogens (primary N) is 1. The SMILES string of the molecule is COc1ccc(-c2nc(C(O)(CNC(=O)c3cc(OC)c4nn(C5CC5)cc4c3)C(F)(F)F)cc3c2OC[C@]3(C)C(N)=O)cc1Cl. The van der Waals surface area contributed by atoms with Crippen LogP contribution < -0.4 is 25.3 Å². The Balaban J connectivity index is 1.41. The van der Waals surface area contributed by atoms with Crippen molar-refractivity contribution in [3.05, 3.63) is 64.4 Å². The Labute approximate surface area is 265 Å². The van der Waals surface area contributed by atoms with Crippen molar-refractivity contribution in [2.45, 2.75) is 43.0 Å². The molecule has 2 aromatic heterocycles. The van der Waals surface area contributed by atoms with E-state index in [4.69, 9.17) is 31.5 Å². The van der Waals surface area contributed by atoms with E-state index in [-0.39, 0.29) is 51.6 Å². The number of halogens is 4. The number of hydrogen-bond donors (Lipinski definition) is 3. The van der Waals surface area contributed by atoms with Crippen LogP contribution in [-0.4, -0.2) is 65.2 Å². The lowest BCUT2D eigenvalue weighted by Gasteiger charge is -2.31. The summed E-state index contributed by atoms with van der Waals surface area (Å²) in [6.45, 7) is -0.179. The molecule has 15 heteroatoms. The standard InChI is InChI=1S/C31H29ClF3N5O6/c1-29(28(36)42)14-46-26-19(29)11-23(38-25(26)15-4-7-21(44-2)20(32)9-15)30(43,31(33,34)35)13-37-27(41)16-8-17-12-40(18-5-6-18)39-24(17)22(10-16)45-3/h4,7-12,18,43H,5-6,13-14H2,1-3H3,(H2,36,42)(H,37,41)/t29-,30?/m0/s1. The van der Waals surface area contributed by atoms with Gasteiger partial charge in [0, 0.05) is 28.3 Å². The number of nitrogens with zero attached hydrogens (tertiary/aromatic N) is 3. The number of fused-ring (bicyclic) bond motifs is 2. The topological polar surface area (TPSA) is 151 Å². The van der Waals surface area contributed by atoms with Gasteiger partial charge in [-0.2, -0.15) is 18.3 Å². The largest absolute Gasteiger partial charge is 0.495 e. The lowest BCUT2D eigenvalue weighted by atomic mass is 9.81. The zero-order valence-corrected chi connectivity index (χ0v) is 25.6. The third-order valence-electron chi connectivity index (χ3n) is 8.43. The van der Waals surface area contributed by atoms with Crippen LogP contribution in [0.15, 0.2) is 42.6 Å². The van der Waals surface area contributed by atoms with Gasteiger partial charge in [0.05, 0.1) is 37.5 Å². The van der Waals surface area contributed by atoms with Gasteiger partial charge < -0.3 is 30.4 Å². The molecule has 2 atom stereocenters. The smallest absolute Gasteiger partial charge is 0.424 e. The Hall–Kier alpha value is -4.56. The Bertz CT molecular complexity index is 1890. The van der Waals surface area contributed by atoms with Gasteiger partial charge in [0.1, 0.15) is 40.5 Å². The molecule has 0 bridgehead atoms. The Morgan fingerprint density at radius 3 is 2.50 bits per heavy atom. The van der Waals surface area contributed by atoms with Gasteiger partial charge >= 0.3 is 6.18 Å². The van der Waals surface area contributed by atoms with E-state index >= 15 is 0 Å². The molecule has 4 N–H and O–H groups in total. The Kier molecular flexibility index (Phi) is 7.55. The second kappa shape index (κ2) is 11.1. The molecule has 1 fully saturated rings. The molecule has 2 aromatic carbocycles. The lowest BCUT2D eigenvalue weighted by molar-refractivity contribution is -0.265. The van der Waals surface area contributed by atoms with Gasteiger partial charge in [0.25, 0.3) is 5.91 Å². The highest BCUT2D eigenvalue weighted by atomic mass is 35.5. The molecule has 1 unspecified atom stereocenters. The van der Waals surface area contributed by atoms with Gasteiger partial charge in [-0.05, 0) is 56.2 Å². The summed E-state index contributed by atoms with van der Waals surface area (Å²) in [5.74, 6) is -1.20. The minimum Gasteiger partial charge on any atom is -0.495 e. The van der Waals surface area contributed by atoms with Crippen LogP contribution in [0.5, 0.6) is 17.2 Å². The molecular weight excluding hydrogens is 631 g/mol. The molecule has 46 heavy (non-hydrogen) atoms. The number of alkyl halides is 3. The quantitative estimate of drug-likeness (QED) is 0.239. The highest BCUT2D eigenvalue weighted by Gasteiger charge is 2.57. The molecule has 1 saturated carbocycles. The van der Waals surface area contributed by atoms with E-state index in [2.05, 4.69) is 15.4 Å². The van der Waals surface area contributed by atoms with Gasteiger partial charge in [-0.15, -0.1) is 0 Å². The molecule has 6 rings (SSSR count). The van der Waals surface area contributed by atoms with Gasteiger partial charge in [-0.1, -0.05) is 11.6 Å². The number of carbonyl (C=O) groups is 2. The van der Waals surface area contributed by atoms with E-state index in [9.17, 15) is 27.9 Å². The summed E-state index contributed by atoms with van der Waals surface area (Å²) in [7, 11) is 2.79. The van der Waals surface area contributed by atoms with Crippen molar-refractivity contribution >= 4 is 34.3 Å². The van der Waals surface area contributed by atoms with Gasteiger partial charge in [-0.25, -0.2) is 4.98 Å². The summed E-state index contributed by atoms with van der Waals surface area (Å²) in [6, 6.07) is 8.41. The molecular formula is C31H29ClF3N5O6. The first-order valence-electron chi connectivity index (χ1n) is 14.2. The molecule has 1 aliphatic heterocycles. The fourth-order valence-electron chi connectivity index (χ4n) is 5.39. The number of amides is 2. The van der Waals surface area contributed by atoms with Crippen LogP contribution in [0, 0.1) is 0 Å². The number of methoxy groups -OCH3 is 2. The number of ether oxygens (including phenoxy) is 3. The number of benzene rings is 2. The van der Waals surface area contributed by atoms with E-state index in [1.54, 1.807) is 10.9 Å². The third kappa shape index (κ3) is 5.14. The number of rotatable bonds is 9. The molecule has 242 valence electrons. The summed E-state index contributed by atoms with van der Waals surface area (Å²) in [5.41, 5.74) is 0.0842. The minimum absolute atomic E-state index is 0.00518. The second-order valence-electron chi connectivity index (χ2n) is 11.6. The minimum atomic E-state index is -5.34. The summed E-state index contributed by atoms with van der Waals surface area (Å²) < 4.78 is 62.6. The molecule has 4 aromatic rings. The van der Waals surface area contributed by atoms with Crippen molar-refractivity contribution < 1.29 is 42.1 Å². The van der Waals surface area contributed by atoms with E-state index < -0.39 is 41.2 Å². The normalized spacial score (nSPS) is 18.9. The predicted molar refractivity (Wildman–Crippen MR) is 160 cm³/mol. The van der Waals surface area contributed by atoms with Gasteiger partial charge in [-0.3, -0.25) is 14.3 Å². The van der Waals surface area contributed by atoms with E-state index in [0.29, 0.717) is 16.7 Å². The number of carbonyl (C=O) groups excluding carboxylic acids is 2. The van der Waals surface area contributed by atoms with Crippen LogP contribution in [0.3, 0.4) is 0 Å². The summed E-state index contributed by atoms with van der Waals surface area (Å²) in [5, 5.41) is 18.8. The predicted octanol–water partition coefficient (Wildman–Crippen LogP) is 4.42. The summed E-state index contributed by atoms with van der Waals surface area (Å²) in [4.78, 5) is 30.0. The first kappa shape index (κ1) is 31.4. The van der Waals surface area contributed by atoms with Crippen LogP contribution in [0.1, 0.15) is 47.4 Å². The summed E-state index contributed by atoms with van der Waals surface area (Å²) in [6.07, 6.45) is -1.66. The van der Waals surface area contributed by atoms with Gasteiger partial charge in [0.2, 0.25) is 11.5 Å². The van der Waals surface area contributed by atoms with Crippen molar-refractivity contribution in [3.8, 4) is 28.5 Å². The van der Waals surface area contributed by atoms with E-state index in [0.717, 1.165) is 18.9 Å². The van der Waals surface area contributed by atoms with Crippen molar-refractivity contribution in [1.29, 1.82) is 0 Å². The van der Waals surface area contributed by atoms with Crippen molar-refractivity contribution in [2.75, 3.05) is 27.4 Å². The fourth-order valence-corrected chi connectivity index (χ4v) is 5.65. The van der Waals surface area contributed by atoms with Crippen LogP contribution in [-0.2, 0) is 15.8 Å². The Morgan fingerprint density at radius 1 is 1.17 bits per heavy atom. The average molecular weight is 660 g/mol.